The molecule has 1 aliphatic rings. The van der Waals surface area contributed by atoms with Gasteiger partial charge in [-0.3, -0.25) is 19.4 Å². The average Bonchev–Trinajstić information content (AvgIpc) is 2.51. The minimum Gasteiger partial charge on any atom is -0.375 e. The molecular formula is C15H15Cl2N3O3. The Hall–Kier alpha value is -2.05. The first kappa shape index (κ1) is 17.3. The van der Waals surface area contributed by atoms with E-state index in [1.54, 1.807) is 30.1 Å². The van der Waals surface area contributed by atoms with E-state index in [1.807, 2.05) is 0 Å². The monoisotopic (exact) mass is 355 g/mol. The predicted octanol–water partition coefficient (Wildman–Crippen LogP) is 2.36. The lowest BCUT2D eigenvalue weighted by Crippen LogP contribution is -2.53. The van der Waals surface area contributed by atoms with Gasteiger partial charge in [-0.15, -0.1) is 0 Å². The lowest BCUT2D eigenvalue weighted by Gasteiger charge is -2.29. The van der Waals surface area contributed by atoms with E-state index >= 15 is 0 Å². The van der Waals surface area contributed by atoms with Crippen molar-refractivity contribution in [2.45, 2.75) is 6.54 Å². The predicted molar refractivity (Wildman–Crippen MR) is 86.9 cm³/mol. The molecule has 0 atom stereocenters. The largest absolute Gasteiger partial charge is 0.375 e. The number of carbonyl (C=O) groups excluding carboxylic acids is 3. The zero-order chi connectivity index (χ0) is 17.3. The van der Waals surface area contributed by atoms with Gasteiger partial charge in [0.2, 0.25) is 0 Å². The van der Waals surface area contributed by atoms with E-state index in [2.05, 4.69) is 0 Å². The quantitative estimate of drug-likeness (QED) is 0.616. The molecule has 6 nitrogen and oxygen atoms in total. The Labute approximate surface area is 143 Å². The molecule has 1 aromatic rings. The molecule has 1 heterocycles. The van der Waals surface area contributed by atoms with E-state index in [0.717, 1.165) is 15.4 Å². The Morgan fingerprint density at radius 2 is 1.61 bits per heavy atom. The van der Waals surface area contributed by atoms with Crippen molar-refractivity contribution in [3.63, 3.8) is 0 Å². The fourth-order valence-electron chi connectivity index (χ4n) is 2.15. The number of amides is 4. The molecule has 1 aromatic carbocycles. The second-order valence-corrected chi connectivity index (χ2v) is 6.03. The molecule has 0 aliphatic carbocycles. The van der Waals surface area contributed by atoms with E-state index in [4.69, 9.17) is 23.2 Å². The highest BCUT2D eigenvalue weighted by atomic mass is 35.5. The number of urea groups is 1. The van der Waals surface area contributed by atoms with Crippen molar-refractivity contribution in [3.05, 3.63) is 45.6 Å². The summed E-state index contributed by atoms with van der Waals surface area (Å²) in [5.74, 6) is -1.25. The second-order valence-electron chi connectivity index (χ2n) is 5.22. The smallest absolute Gasteiger partial charge is 0.333 e. The minimum atomic E-state index is -0.649. The summed E-state index contributed by atoms with van der Waals surface area (Å²) in [5.41, 5.74) is 0.796. The summed E-state index contributed by atoms with van der Waals surface area (Å²) in [4.78, 5) is 39.4. The molecule has 1 saturated heterocycles. The van der Waals surface area contributed by atoms with Gasteiger partial charge in [0.25, 0.3) is 11.8 Å². The maximum absolute atomic E-state index is 12.1. The summed E-state index contributed by atoms with van der Waals surface area (Å²) in [5, 5.41) is 0.885. The SMILES string of the molecule is CN(C=C1C(=O)N(C)C(=O)N(C)C1=O)Cc1ccc(Cl)c(Cl)c1. The van der Waals surface area contributed by atoms with Crippen LogP contribution in [0.25, 0.3) is 0 Å². The Kier molecular flexibility index (Phi) is 4.97. The van der Waals surface area contributed by atoms with Crippen molar-refractivity contribution in [1.29, 1.82) is 0 Å². The maximum Gasteiger partial charge on any atom is 0.333 e. The number of barbiturate groups is 1. The van der Waals surface area contributed by atoms with Gasteiger partial charge in [0.05, 0.1) is 10.0 Å². The molecule has 8 heteroatoms. The zero-order valence-corrected chi connectivity index (χ0v) is 14.4. The zero-order valence-electron chi connectivity index (χ0n) is 12.8. The minimum absolute atomic E-state index is 0.0721. The second kappa shape index (κ2) is 6.60. The number of likely N-dealkylation sites (N-methyl/N-ethyl adjacent to an activating group) is 2. The Morgan fingerprint density at radius 1 is 1.04 bits per heavy atom. The average molecular weight is 356 g/mol. The Balaban J connectivity index is 2.22. The highest BCUT2D eigenvalue weighted by molar-refractivity contribution is 6.42. The van der Waals surface area contributed by atoms with Crippen LogP contribution in [0.2, 0.25) is 10.0 Å². The van der Waals surface area contributed by atoms with E-state index < -0.39 is 17.8 Å². The van der Waals surface area contributed by atoms with Crippen molar-refractivity contribution < 1.29 is 14.4 Å². The third-order valence-electron chi connectivity index (χ3n) is 3.41. The van der Waals surface area contributed by atoms with E-state index in [0.29, 0.717) is 16.6 Å². The molecule has 2 rings (SSSR count). The van der Waals surface area contributed by atoms with E-state index in [1.165, 1.54) is 20.3 Å². The van der Waals surface area contributed by atoms with Gasteiger partial charge in [-0.2, -0.15) is 0 Å². The number of imide groups is 2. The summed E-state index contributed by atoms with van der Waals surface area (Å²) in [6, 6.07) is 4.54. The number of carbonyl (C=O) groups is 3. The molecule has 0 radical (unpaired) electrons. The van der Waals surface area contributed by atoms with Crippen LogP contribution in [0.5, 0.6) is 0 Å². The molecular weight excluding hydrogens is 341 g/mol. The van der Waals surface area contributed by atoms with Gasteiger partial charge in [-0.25, -0.2) is 4.79 Å². The topological polar surface area (TPSA) is 60.9 Å². The molecule has 23 heavy (non-hydrogen) atoms. The van der Waals surface area contributed by atoms with Crippen LogP contribution in [0.3, 0.4) is 0 Å². The molecule has 1 aliphatic heterocycles. The number of hydrogen-bond donors (Lipinski definition) is 0. The molecule has 4 amide bonds. The highest BCUT2D eigenvalue weighted by Gasteiger charge is 2.38. The summed E-state index contributed by atoms with van der Waals surface area (Å²) in [7, 11) is 4.38. The number of nitrogens with zero attached hydrogens (tertiary/aromatic N) is 3. The number of hydrogen-bond acceptors (Lipinski definition) is 4. The van der Waals surface area contributed by atoms with Crippen LogP contribution in [0.4, 0.5) is 4.79 Å². The van der Waals surface area contributed by atoms with E-state index in [-0.39, 0.29) is 5.57 Å². The molecule has 0 N–H and O–H groups in total. The normalized spacial score (nSPS) is 15.3. The number of benzene rings is 1. The van der Waals surface area contributed by atoms with Crippen LogP contribution >= 0.6 is 23.2 Å². The van der Waals surface area contributed by atoms with Crippen LogP contribution in [0, 0.1) is 0 Å². The van der Waals surface area contributed by atoms with Gasteiger partial charge in [-0.05, 0) is 17.7 Å². The Bertz CT molecular complexity index is 692. The molecule has 0 unspecified atom stereocenters. The Morgan fingerprint density at radius 3 is 2.13 bits per heavy atom. The molecule has 1 fully saturated rings. The molecule has 122 valence electrons. The van der Waals surface area contributed by atoms with Gasteiger partial charge in [0.1, 0.15) is 5.57 Å². The molecule has 0 aromatic heterocycles. The van der Waals surface area contributed by atoms with Crippen LogP contribution in [0.1, 0.15) is 5.56 Å². The third-order valence-corrected chi connectivity index (χ3v) is 4.15. The highest BCUT2D eigenvalue weighted by Crippen LogP contribution is 2.23. The van der Waals surface area contributed by atoms with E-state index in [9.17, 15) is 14.4 Å². The lowest BCUT2D eigenvalue weighted by atomic mass is 10.1. The van der Waals surface area contributed by atoms with Gasteiger partial charge in [0.15, 0.2) is 0 Å². The van der Waals surface area contributed by atoms with Crippen molar-refractivity contribution in [2.24, 2.45) is 0 Å². The first-order valence-electron chi connectivity index (χ1n) is 6.68. The fraction of sp³-hybridized carbons (Fsp3) is 0.267. The molecule has 0 spiro atoms. The van der Waals surface area contributed by atoms with Crippen molar-refractivity contribution in [2.75, 3.05) is 21.1 Å². The summed E-state index contributed by atoms with van der Waals surface area (Å²) < 4.78 is 0. The summed E-state index contributed by atoms with van der Waals surface area (Å²) >= 11 is 11.8. The third kappa shape index (κ3) is 3.48. The summed E-state index contributed by atoms with van der Waals surface area (Å²) in [6.07, 6.45) is 1.42. The number of halogens is 2. The first-order chi connectivity index (χ1) is 10.7. The first-order valence-corrected chi connectivity index (χ1v) is 7.44. The van der Waals surface area contributed by atoms with Crippen molar-refractivity contribution in [3.8, 4) is 0 Å². The fourth-order valence-corrected chi connectivity index (χ4v) is 2.47. The molecule has 0 saturated carbocycles. The molecule has 0 bridgehead atoms. The standard InChI is InChI=1S/C15H15Cl2N3O3/c1-18(7-9-4-5-11(16)12(17)6-9)8-10-13(21)19(2)15(23)20(3)14(10)22/h4-6,8H,7H2,1-3H3. The summed E-state index contributed by atoms with van der Waals surface area (Å²) in [6.45, 7) is 0.419. The van der Waals surface area contributed by atoms with Gasteiger partial charge < -0.3 is 4.90 Å². The van der Waals surface area contributed by atoms with Crippen LogP contribution < -0.4 is 0 Å². The maximum atomic E-state index is 12.1. The number of rotatable bonds is 3. The van der Waals surface area contributed by atoms with Gasteiger partial charge >= 0.3 is 6.03 Å². The van der Waals surface area contributed by atoms with Crippen molar-refractivity contribution >= 4 is 41.0 Å². The van der Waals surface area contributed by atoms with Crippen LogP contribution in [-0.4, -0.2) is 53.7 Å². The lowest BCUT2D eigenvalue weighted by molar-refractivity contribution is -0.134. The van der Waals surface area contributed by atoms with Gasteiger partial charge in [0, 0.05) is 33.9 Å². The van der Waals surface area contributed by atoms with Crippen LogP contribution in [-0.2, 0) is 16.1 Å². The van der Waals surface area contributed by atoms with Crippen molar-refractivity contribution in [1.82, 2.24) is 14.7 Å². The van der Waals surface area contributed by atoms with Gasteiger partial charge in [-0.1, -0.05) is 29.3 Å². The van der Waals surface area contributed by atoms with Crippen LogP contribution in [0.15, 0.2) is 30.0 Å².